The summed E-state index contributed by atoms with van der Waals surface area (Å²) in [4.78, 5) is 4.95. The monoisotopic (exact) mass is 480 g/mol. The number of aliphatic imine (C=N–C) groups is 1. The lowest BCUT2D eigenvalue weighted by Crippen LogP contribution is -2.40. The summed E-state index contributed by atoms with van der Waals surface area (Å²) in [5.41, 5.74) is 5.70. The predicted molar refractivity (Wildman–Crippen MR) is 145 cm³/mol. The standard InChI is InChI=1S/C28H40N2O3Si/c1-10-25(29-18-21-11-13-24(31-6)17-27(21)32-7)20-12-14-26-22(15-20)16-23(30(26)5)19-33-34(8,9)28(2,3)4/h11-17H,10,18-19H2,1-9H3/b29-25-. The third-order valence-electron chi connectivity index (χ3n) is 7.13. The second kappa shape index (κ2) is 10.4. The van der Waals surface area contributed by atoms with E-state index in [0.717, 1.165) is 34.8 Å². The molecule has 0 radical (unpaired) electrons. The third kappa shape index (κ3) is 5.56. The summed E-state index contributed by atoms with van der Waals surface area (Å²) < 4.78 is 19.6. The fourth-order valence-electron chi connectivity index (χ4n) is 3.77. The highest BCUT2D eigenvalue weighted by atomic mass is 28.4. The first-order valence-electron chi connectivity index (χ1n) is 12.0. The minimum Gasteiger partial charge on any atom is -0.497 e. The van der Waals surface area contributed by atoms with Gasteiger partial charge in [-0.15, -0.1) is 0 Å². The molecule has 6 heteroatoms. The smallest absolute Gasteiger partial charge is 0.192 e. The van der Waals surface area contributed by atoms with Gasteiger partial charge in [0, 0.05) is 41.0 Å². The molecule has 0 N–H and O–H groups in total. The van der Waals surface area contributed by atoms with Crippen LogP contribution in [-0.4, -0.2) is 32.8 Å². The molecule has 0 unspecified atom stereocenters. The van der Waals surface area contributed by atoms with Crippen LogP contribution < -0.4 is 9.47 Å². The first-order chi connectivity index (χ1) is 16.0. The lowest BCUT2D eigenvalue weighted by Gasteiger charge is -2.36. The maximum atomic E-state index is 6.49. The fraction of sp³-hybridized carbons (Fsp3) is 0.464. The zero-order valence-corrected chi connectivity index (χ0v) is 23.3. The van der Waals surface area contributed by atoms with Crippen LogP contribution in [0.1, 0.15) is 50.9 Å². The molecule has 0 aliphatic heterocycles. The van der Waals surface area contributed by atoms with Crippen molar-refractivity contribution in [2.24, 2.45) is 12.0 Å². The highest BCUT2D eigenvalue weighted by Gasteiger charge is 2.37. The van der Waals surface area contributed by atoms with E-state index in [2.05, 4.69) is 76.7 Å². The Hall–Kier alpha value is -2.57. The van der Waals surface area contributed by atoms with Gasteiger partial charge in [0.1, 0.15) is 11.5 Å². The Morgan fingerprint density at radius 3 is 2.35 bits per heavy atom. The summed E-state index contributed by atoms with van der Waals surface area (Å²) in [7, 11) is 3.66. The molecular weight excluding hydrogens is 440 g/mol. The molecule has 0 bridgehead atoms. The molecule has 2 aromatic carbocycles. The van der Waals surface area contributed by atoms with Gasteiger partial charge in [0.25, 0.3) is 0 Å². The fourth-order valence-corrected chi connectivity index (χ4v) is 4.71. The molecule has 1 aromatic heterocycles. The second-order valence-corrected chi connectivity index (χ2v) is 15.1. The third-order valence-corrected chi connectivity index (χ3v) is 11.6. The molecule has 0 fully saturated rings. The Balaban J connectivity index is 1.85. The van der Waals surface area contributed by atoms with Crippen LogP contribution >= 0.6 is 0 Å². The molecule has 0 atom stereocenters. The van der Waals surface area contributed by atoms with Gasteiger partial charge in [0.15, 0.2) is 8.32 Å². The largest absolute Gasteiger partial charge is 0.497 e. The number of methoxy groups -OCH3 is 2. The van der Waals surface area contributed by atoms with Crippen molar-refractivity contribution in [2.45, 2.75) is 65.4 Å². The number of benzene rings is 2. The van der Waals surface area contributed by atoms with Crippen LogP contribution in [0.5, 0.6) is 11.5 Å². The van der Waals surface area contributed by atoms with Crippen molar-refractivity contribution in [3.05, 3.63) is 59.3 Å². The molecule has 34 heavy (non-hydrogen) atoms. The van der Waals surface area contributed by atoms with E-state index in [0.29, 0.717) is 13.2 Å². The molecule has 0 aliphatic carbocycles. The summed E-state index contributed by atoms with van der Waals surface area (Å²) in [6, 6.07) is 14.7. The number of hydrogen-bond donors (Lipinski definition) is 0. The van der Waals surface area contributed by atoms with E-state index < -0.39 is 8.32 Å². The topological polar surface area (TPSA) is 45.0 Å². The van der Waals surface area contributed by atoms with Gasteiger partial charge in [0.2, 0.25) is 0 Å². The Morgan fingerprint density at radius 1 is 1.00 bits per heavy atom. The van der Waals surface area contributed by atoms with Crippen LogP contribution in [0.4, 0.5) is 0 Å². The van der Waals surface area contributed by atoms with E-state index >= 15 is 0 Å². The first kappa shape index (κ1) is 26.0. The first-order valence-corrected chi connectivity index (χ1v) is 14.9. The van der Waals surface area contributed by atoms with Crippen molar-refractivity contribution < 1.29 is 13.9 Å². The van der Waals surface area contributed by atoms with Crippen molar-refractivity contribution in [2.75, 3.05) is 14.2 Å². The average Bonchev–Trinajstić information content (AvgIpc) is 3.12. The summed E-state index contributed by atoms with van der Waals surface area (Å²) in [6.07, 6.45) is 0.859. The minimum atomic E-state index is -1.80. The van der Waals surface area contributed by atoms with E-state index in [1.54, 1.807) is 14.2 Å². The predicted octanol–water partition coefficient (Wildman–Crippen LogP) is 7.12. The molecular formula is C28H40N2O3Si. The lowest BCUT2D eigenvalue weighted by atomic mass is 10.1. The van der Waals surface area contributed by atoms with Crippen molar-refractivity contribution in [1.82, 2.24) is 4.57 Å². The van der Waals surface area contributed by atoms with Crippen LogP contribution in [0.3, 0.4) is 0 Å². The Morgan fingerprint density at radius 2 is 1.74 bits per heavy atom. The molecule has 1 heterocycles. The normalized spacial score (nSPS) is 12.9. The highest BCUT2D eigenvalue weighted by molar-refractivity contribution is 6.74. The zero-order valence-electron chi connectivity index (χ0n) is 22.3. The molecule has 0 aliphatic rings. The van der Waals surface area contributed by atoms with E-state index in [9.17, 15) is 0 Å². The number of aryl methyl sites for hydroxylation is 1. The quantitative estimate of drug-likeness (QED) is 0.242. The molecule has 0 saturated heterocycles. The van der Waals surface area contributed by atoms with Crippen LogP contribution in [-0.2, 0) is 24.6 Å². The lowest BCUT2D eigenvalue weighted by molar-refractivity contribution is 0.269. The maximum absolute atomic E-state index is 6.49. The van der Waals surface area contributed by atoms with Crippen LogP contribution in [0, 0.1) is 0 Å². The van der Waals surface area contributed by atoms with Gasteiger partial charge in [-0.25, -0.2) is 0 Å². The minimum absolute atomic E-state index is 0.198. The Bertz CT molecular complexity index is 1170. The molecule has 3 rings (SSSR count). The number of aromatic nitrogens is 1. The van der Waals surface area contributed by atoms with Gasteiger partial charge < -0.3 is 18.5 Å². The molecule has 5 nitrogen and oxygen atoms in total. The van der Waals surface area contributed by atoms with Crippen molar-refractivity contribution in [3.63, 3.8) is 0 Å². The molecule has 0 amide bonds. The van der Waals surface area contributed by atoms with Gasteiger partial charge >= 0.3 is 0 Å². The number of ether oxygens (including phenoxy) is 2. The summed E-state index contributed by atoms with van der Waals surface area (Å²) in [5, 5.41) is 1.42. The van der Waals surface area contributed by atoms with Gasteiger partial charge in [0.05, 0.1) is 27.4 Å². The van der Waals surface area contributed by atoms with E-state index in [1.165, 1.54) is 16.6 Å². The maximum Gasteiger partial charge on any atom is 0.192 e. The average molecular weight is 481 g/mol. The summed E-state index contributed by atoms with van der Waals surface area (Å²) >= 11 is 0. The van der Waals surface area contributed by atoms with Gasteiger partial charge in [-0.2, -0.15) is 0 Å². The van der Waals surface area contributed by atoms with E-state index in [-0.39, 0.29) is 5.04 Å². The Kier molecular flexibility index (Phi) is 7.94. The molecule has 0 spiro atoms. The van der Waals surface area contributed by atoms with Gasteiger partial charge in [-0.05, 0) is 60.4 Å². The van der Waals surface area contributed by atoms with E-state index in [4.69, 9.17) is 18.9 Å². The molecule has 3 aromatic rings. The van der Waals surface area contributed by atoms with Gasteiger partial charge in [-0.3, -0.25) is 4.99 Å². The zero-order chi connectivity index (χ0) is 25.1. The number of hydrogen-bond acceptors (Lipinski definition) is 4. The molecule has 184 valence electrons. The SMILES string of the molecule is CC/C(=N/Cc1ccc(OC)cc1OC)c1ccc2c(c1)cc(CO[Si](C)(C)C(C)(C)C)n2C. The number of fused-ring (bicyclic) bond motifs is 1. The van der Waals surface area contributed by atoms with Crippen LogP contribution in [0.15, 0.2) is 47.5 Å². The summed E-state index contributed by atoms with van der Waals surface area (Å²) in [6.45, 7) is 14.8. The van der Waals surface area contributed by atoms with Gasteiger partial charge in [-0.1, -0.05) is 33.8 Å². The Labute approximate surface area is 205 Å². The van der Waals surface area contributed by atoms with Crippen LogP contribution in [0.2, 0.25) is 18.1 Å². The van der Waals surface area contributed by atoms with Crippen molar-refractivity contribution >= 4 is 24.9 Å². The van der Waals surface area contributed by atoms with Crippen LogP contribution in [0.25, 0.3) is 10.9 Å². The highest BCUT2D eigenvalue weighted by Crippen LogP contribution is 2.37. The van der Waals surface area contributed by atoms with E-state index in [1.807, 2.05) is 18.2 Å². The number of nitrogens with zero attached hydrogens (tertiary/aromatic N) is 2. The molecule has 0 saturated carbocycles. The van der Waals surface area contributed by atoms with Crippen molar-refractivity contribution in [1.29, 1.82) is 0 Å². The van der Waals surface area contributed by atoms with Crippen molar-refractivity contribution in [3.8, 4) is 11.5 Å². The second-order valence-electron chi connectivity index (χ2n) is 10.3. The summed E-state index contributed by atoms with van der Waals surface area (Å²) in [5.74, 6) is 1.58. The number of rotatable bonds is 9.